The minimum atomic E-state index is -0.681. The number of nitrogens with one attached hydrogen (secondary N) is 1. The minimum Gasteiger partial charge on any atom is -0.368 e. The molecule has 1 aromatic heterocycles. The summed E-state index contributed by atoms with van der Waals surface area (Å²) in [5, 5.41) is 0.421. The Labute approximate surface area is 90.3 Å². The standard InChI is InChI=1S/C8H8ClN3O3/c9-5-1-2-6(11-3-5)8(14)12-15-4-7(10)13/h1-3H,4H2,(H2,10,13)(H,12,14). The van der Waals surface area contributed by atoms with E-state index in [4.69, 9.17) is 17.3 Å². The van der Waals surface area contributed by atoms with E-state index in [1.54, 1.807) is 0 Å². The Bertz CT molecular complexity index is 366. The Morgan fingerprint density at radius 3 is 2.80 bits per heavy atom. The predicted octanol–water partition coefficient (Wildman–Crippen LogP) is -0.118. The molecule has 0 aliphatic rings. The number of pyridine rings is 1. The normalized spacial score (nSPS) is 9.67. The number of hydrogen-bond acceptors (Lipinski definition) is 4. The molecule has 6 nitrogen and oxygen atoms in total. The van der Waals surface area contributed by atoms with Crippen LogP contribution in [0.1, 0.15) is 10.5 Å². The number of halogens is 1. The number of hydrogen-bond donors (Lipinski definition) is 2. The van der Waals surface area contributed by atoms with Crippen LogP contribution in [0.4, 0.5) is 0 Å². The van der Waals surface area contributed by atoms with Gasteiger partial charge in [0, 0.05) is 6.20 Å². The van der Waals surface area contributed by atoms with E-state index in [0.717, 1.165) is 0 Å². The van der Waals surface area contributed by atoms with Gasteiger partial charge in [-0.15, -0.1) is 0 Å². The first-order chi connectivity index (χ1) is 7.09. The maximum Gasteiger partial charge on any atom is 0.293 e. The van der Waals surface area contributed by atoms with Crippen molar-refractivity contribution in [1.29, 1.82) is 0 Å². The van der Waals surface area contributed by atoms with Crippen LogP contribution in [0, 0.1) is 0 Å². The van der Waals surface area contributed by atoms with E-state index in [9.17, 15) is 9.59 Å². The number of carbonyl (C=O) groups is 2. The van der Waals surface area contributed by atoms with E-state index in [0.29, 0.717) is 5.02 Å². The molecular weight excluding hydrogens is 222 g/mol. The molecule has 0 fully saturated rings. The lowest BCUT2D eigenvalue weighted by Gasteiger charge is -2.02. The van der Waals surface area contributed by atoms with Crippen LogP contribution in [0.3, 0.4) is 0 Å². The summed E-state index contributed by atoms with van der Waals surface area (Å²) in [6.07, 6.45) is 1.32. The average Bonchev–Trinajstić information content (AvgIpc) is 2.18. The molecule has 2 amide bonds. The summed E-state index contributed by atoms with van der Waals surface area (Å²) in [5.74, 6) is -1.26. The Morgan fingerprint density at radius 2 is 2.27 bits per heavy atom. The van der Waals surface area contributed by atoms with Crippen LogP contribution in [0.5, 0.6) is 0 Å². The van der Waals surface area contributed by atoms with E-state index in [2.05, 4.69) is 9.82 Å². The Hall–Kier alpha value is -1.66. The first-order valence-electron chi connectivity index (χ1n) is 3.91. The quantitative estimate of drug-likeness (QED) is 0.704. The smallest absolute Gasteiger partial charge is 0.293 e. The van der Waals surface area contributed by atoms with Crippen molar-refractivity contribution in [2.75, 3.05) is 6.61 Å². The van der Waals surface area contributed by atoms with Gasteiger partial charge in [-0.1, -0.05) is 11.6 Å². The first-order valence-corrected chi connectivity index (χ1v) is 4.29. The Balaban J connectivity index is 2.47. The molecule has 0 bridgehead atoms. The van der Waals surface area contributed by atoms with Gasteiger partial charge in [-0.3, -0.25) is 14.4 Å². The van der Waals surface area contributed by atoms with Gasteiger partial charge in [0.05, 0.1) is 5.02 Å². The molecule has 1 aromatic rings. The molecule has 0 spiro atoms. The van der Waals surface area contributed by atoms with E-state index in [1.165, 1.54) is 18.3 Å². The summed E-state index contributed by atoms with van der Waals surface area (Å²) in [7, 11) is 0. The molecule has 1 heterocycles. The third-order valence-electron chi connectivity index (χ3n) is 1.34. The van der Waals surface area contributed by atoms with Crippen LogP contribution in [-0.4, -0.2) is 23.4 Å². The van der Waals surface area contributed by atoms with Gasteiger partial charge < -0.3 is 5.73 Å². The lowest BCUT2D eigenvalue weighted by molar-refractivity contribution is -0.124. The van der Waals surface area contributed by atoms with Crippen molar-refractivity contribution < 1.29 is 14.4 Å². The molecule has 0 unspecified atom stereocenters. The Kier molecular flexibility index (Phi) is 4.02. The monoisotopic (exact) mass is 229 g/mol. The minimum absolute atomic E-state index is 0.129. The number of nitrogens with zero attached hydrogens (tertiary/aromatic N) is 1. The van der Waals surface area contributed by atoms with Gasteiger partial charge in [-0.2, -0.15) is 0 Å². The fourth-order valence-electron chi connectivity index (χ4n) is 0.735. The largest absolute Gasteiger partial charge is 0.368 e. The average molecular weight is 230 g/mol. The first kappa shape index (κ1) is 11.4. The van der Waals surface area contributed by atoms with E-state index >= 15 is 0 Å². The molecule has 0 saturated carbocycles. The summed E-state index contributed by atoms with van der Waals surface area (Å²) in [6.45, 7) is -0.390. The molecule has 0 aromatic carbocycles. The zero-order chi connectivity index (χ0) is 11.3. The number of carbonyl (C=O) groups excluding carboxylic acids is 2. The summed E-state index contributed by atoms with van der Waals surface area (Å²) in [4.78, 5) is 29.7. The van der Waals surface area contributed by atoms with Gasteiger partial charge in [0.2, 0.25) is 5.91 Å². The lowest BCUT2D eigenvalue weighted by Crippen LogP contribution is -2.29. The van der Waals surface area contributed by atoms with Crippen molar-refractivity contribution in [3.63, 3.8) is 0 Å². The molecule has 0 atom stereocenters. The van der Waals surface area contributed by atoms with Gasteiger partial charge in [-0.05, 0) is 12.1 Å². The zero-order valence-corrected chi connectivity index (χ0v) is 8.32. The summed E-state index contributed by atoms with van der Waals surface area (Å²) in [6, 6.07) is 2.93. The van der Waals surface area contributed by atoms with Gasteiger partial charge in [0.15, 0.2) is 6.61 Å². The second-order valence-electron chi connectivity index (χ2n) is 2.55. The second-order valence-corrected chi connectivity index (χ2v) is 2.98. The number of hydroxylamine groups is 1. The summed E-state index contributed by atoms with van der Waals surface area (Å²) < 4.78 is 0. The van der Waals surface area contributed by atoms with Crippen molar-refractivity contribution in [1.82, 2.24) is 10.5 Å². The van der Waals surface area contributed by atoms with Crippen LogP contribution in [0.2, 0.25) is 5.02 Å². The van der Waals surface area contributed by atoms with E-state index in [-0.39, 0.29) is 12.3 Å². The Morgan fingerprint density at radius 1 is 1.53 bits per heavy atom. The third-order valence-corrected chi connectivity index (χ3v) is 1.56. The van der Waals surface area contributed by atoms with Crippen molar-refractivity contribution in [2.24, 2.45) is 5.73 Å². The highest BCUT2D eigenvalue weighted by atomic mass is 35.5. The zero-order valence-electron chi connectivity index (χ0n) is 7.57. The van der Waals surface area contributed by atoms with Gasteiger partial charge >= 0.3 is 0 Å². The molecule has 0 radical (unpaired) electrons. The highest BCUT2D eigenvalue weighted by molar-refractivity contribution is 6.30. The maximum atomic E-state index is 11.2. The molecule has 7 heteroatoms. The molecule has 1 rings (SSSR count). The fourth-order valence-corrected chi connectivity index (χ4v) is 0.847. The molecule has 3 N–H and O–H groups in total. The van der Waals surface area contributed by atoms with Crippen LogP contribution in [0.25, 0.3) is 0 Å². The molecule has 15 heavy (non-hydrogen) atoms. The number of nitrogens with two attached hydrogens (primary N) is 1. The number of aromatic nitrogens is 1. The highest BCUT2D eigenvalue weighted by Gasteiger charge is 2.06. The van der Waals surface area contributed by atoms with E-state index < -0.39 is 11.8 Å². The van der Waals surface area contributed by atoms with Crippen LogP contribution >= 0.6 is 11.6 Å². The molecule has 80 valence electrons. The summed E-state index contributed by atoms with van der Waals surface area (Å²) >= 11 is 5.58. The summed E-state index contributed by atoms with van der Waals surface area (Å²) in [5.41, 5.74) is 6.92. The number of rotatable bonds is 4. The van der Waals surface area contributed by atoms with Crippen molar-refractivity contribution in [3.05, 3.63) is 29.0 Å². The van der Waals surface area contributed by atoms with Gasteiger partial charge in [0.25, 0.3) is 5.91 Å². The molecule has 0 aliphatic carbocycles. The molecule has 0 aliphatic heterocycles. The maximum absolute atomic E-state index is 11.2. The van der Waals surface area contributed by atoms with Crippen molar-refractivity contribution >= 4 is 23.4 Å². The molecule has 0 saturated heterocycles. The lowest BCUT2D eigenvalue weighted by atomic mass is 10.3. The van der Waals surface area contributed by atoms with Crippen LogP contribution in [0.15, 0.2) is 18.3 Å². The topological polar surface area (TPSA) is 94.3 Å². The second kappa shape index (κ2) is 5.28. The van der Waals surface area contributed by atoms with Crippen molar-refractivity contribution in [2.45, 2.75) is 0 Å². The third kappa shape index (κ3) is 3.92. The van der Waals surface area contributed by atoms with E-state index in [1.807, 2.05) is 5.48 Å². The molecular formula is C8H8ClN3O3. The van der Waals surface area contributed by atoms with Crippen LogP contribution < -0.4 is 11.2 Å². The SMILES string of the molecule is NC(=O)CONC(=O)c1ccc(Cl)cn1. The van der Waals surface area contributed by atoms with Gasteiger partial charge in [-0.25, -0.2) is 10.5 Å². The predicted molar refractivity (Wildman–Crippen MR) is 51.9 cm³/mol. The number of primary amides is 1. The van der Waals surface area contributed by atoms with Crippen molar-refractivity contribution in [3.8, 4) is 0 Å². The highest BCUT2D eigenvalue weighted by Crippen LogP contribution is 2.05. The van der Waals surface area contributed by atoms with Crippen LogP contribution in [-0.2, 0) is 9.63 Å². The number of amides is 2. The van der Waals surface area contributed by atoms with Gasteiger partial charge in [0.1, 0.15) is 5.69 Å². The fraction of sp³-hybridized carbons (Fsp3) is 0.125.